The van der Waals surface area contributed by atoms with Crippen LogP contribution in [-0.4, -0.2) is 24.2 Å². The topological polar surface area (TPSA) is 49.3 Å². The predicted octanol–water partition coefficient (Wildman–Crippen LogP) is 2.54. The van der Waals surface area contributed by atoms with E-state index in [2.05, 4.69) is 5.32 Å². The van der Waals surface area contributed by atoms with Crippen molar-refractivity contribution in [1.29, 1.82) is 0 Å². The third-order valence-electron chi connectivity index (χ3n) is 3.64. The summed E-state index contributed by atoms with van der Waals surface area (Å²) in [5.41, 5.74) is 1.68. The van der Waals surface area contributed by atoms with E-state index in [-0.39, 0.29) is 17.9 Å². The fraction of sp³-hybridized carbons (Fsp3) is 0.500. The molecule has 1 saturated carbocycles. The minimum Gasteiger partial charge on any atom is -0.396 e. The average Bonchev–Trinajstić information content (AvgIpc) is 3.11. The van der Waals surface area contributed by atoms with Crippen LogP contribution in [0.15, 0.2) is 18.2 Å². The number of aryl methyl sites for hydroxylation is 1. The van der Waals surface area contributed by atoms with Crippen molar-refractivity contribution in [2.45, 2.75) is 26.2 Å². The van der Waals surface area contributed by atoms with Crippen molar-refractivity contribution in [2.24, 2.45) is 5.41 Å². The molecule has 0 saturated heterocycles. The molecule has 2 N–H and O–H groups in total. The van der Waals surface area contributed by atoms with E-state index in [4.69, 9.17) is 16.7 Å². The van der Waals surface area contributed by atoms with E-state index in [1.54, 1.807) is 18.2 Å². The Morgan fingerprint density at radius 1 is 1.50 bits per heavy atom. The molecule has 0 heterocycles. The molecule has 0 spiro atoms. The van der Waals surface area contributed by atoms with Gasteiger partial charge in [-0.25, -0.2) is 0 Å². The number of carbonyl (C=O) groups excluding carboxylic acids is 1. The van der Waals surface area contributed by atoms with E-state index in [9.17, 15) is 4.79 Å². The fourth-order valence-electron chi connectivity index (χ4n) is 2.08. The summed E-state index contributed by atoms with van der Waals surface area (Å²) in [4.78, 5) is 12.0. The second-order valence-electron chi connectivity index (χ2n) is 5.12. The molecule has 3 nitrogen and oxygen atoms in total. The van der Waals surface area contributed by atoms with Crippen LogP contribution < -0.4 is 5.32 Å². The molecule has 4 heteroatoms. The Morgan fingerprint density at radius 2 is 2.22 bits per heavy atom. The molecule has 1 aromatic rings. The maximum Gasteiger partial charge on any atom is 0.251 e. The number of hydrogen-bond acceptors (Lipinski definition) is 2. The molecule has 0 unspecified atom stereocenters. The number of aliphatic hydroxyl groups excluding tert-OH is 1. The van der Waals surface area contributed by atoms with Gasteiger partial charge in [0.05, 0.1) is 0 Å². The fourth-order valence-corrected chi connectivity index (χ4v) is 2.20. The normalized spacial score (nSPS) is 16.4. The van der Waals surface area contributed by atoms with Gasteiger partial charge in [0.15, 0.2) is 0 Å². The molecule has 0 aromatic heterocycles. The molecule has 2 rings (SSSR count). The van der Waals surface area contributed by atoms with Crippen LogP contribution in [-0.2, 0) is 0 Å². The van der Waals surface area contributed by atoms with Gasteiger partial charge in [-0.1, -0.05) is 11.6 Å². The third kappa shape index (κ3) is 3.03. The van der Waals surface area contributed by atoms with E-state index >= 15 is 0 Å². The summed E-state index contributed by atoms with van der Waals surface area (Å²) < 4.78 is 0. The van der Waals surface area contributed by atoms with Gasteiger partial charge in [-0.2, -0.15) is 0 Å². The van der Waals surface area contributed by atoms with Crippen LogP contribution in [0, 0.1) is 12.3 Å². The quantitative estimate of drug-likeness (QED) is 0.861. The lowest BCUT2D eigenvalue weighted by molar-refractivity contribution is 0.0940. The van der Waals surface area contributed by atoms with Crippen LogP contribution in [0.1, 0.15) is 35.2 Å². The van der Waals surface area contributed by atoms with Gasteiger partial charge in [0.1, 0.15) is 0 Å². The van der Waals surface area contributed by atoms with Crippen LogP contribution in [0.3, 0.4) is 0 Å². The zero-order valence-electron chi connectivity index (χ0n) is 10.5. The van der Waals surface area contributed by atoms with Gasteiger partial charge in [0, 0.05) is 23.7 Å². The first kappa shape index (κ1) is 13.4. The van der Waals surface area contributed by atoms with Crippen molar-refractivity contribution >= 4 is 17.5 Å². The number of hydrogen-bond donors (Lipinski definition) is 2. The van der Waals surface area contributed by atoms with Gasteiger partial charge in [-0.15, -0.1) is 0 Å². The number of carbonyl (C=O) groups is 1. The van der Waals surface area contributed by atoms with Gasteiger partial charge in [0.25, 0.3) is 5.91 Å². The monoisotopic (exact) mass is 267 g/mol. The summed E-state index contributed by atoms with van der Waals surface area (Å²) in [6.45, 7) is 2.72. The summed E-state index contributed by atoms with van der Waals surface area (Å²) >= 11 is 5.93. The minimum atomic E-state index is -0.0704. The average molecular weight is 268 g/mol. The Labute approximate surface area is 112 Å². The molecule has 0 aliphatic heterocycles. The highest BCUT2D eigenvalue weighted by Crippen LogP contribution is 2.47. The first-order valence-corrected chi connectivity index (χ1v) is 6.59. The van der Waals surface area contributed by atoms with Crippen LogP contribution in [0.2, 0.25) is 5.02 Å². The van der Waals surface area contributed by atoms with Crippen molar-refractivity contribution in [3.63, 3.8) is 0 Å². The maximum absolute atomic E-state index is 12.0. The lowest BCUT2D eigenvalue weighted by Gasteiger charge is -2.14. The predicted molar refractivity (Wildman–Crippen MR) is 71.9 cm³/mol. The summed E-state index contributed by atoms with van der Waals surface area (Å²) in [6, 6.07) is 5.27. The smallest absolute Gasteiger partial charge is 0.251 e. The number of halogens is 1. The largest absolute Gasteiger partial charge is 0.396 e. The van der Waals surface area contributed by atoms with E-state index in [1.165, 1.54) is 0 Å². The number of amides is 1. The summed E-state index contributed by atoms with van der Waals surface area (Å²) in [6.07, 6.45) is 2.95. The lowest BCUT2D eigenvalue weighted by atomic mass is 10.0. The summed E-state index contributed by atoms with van der Waals surface area (Å²) in [5.74, 6) is -0.0704. The highest BCUT2D eigenvalue weighted by molar-refractivity contribution is 6.31. The highest BCUT2D eigenvalue weighted by atomic mass is 35.5. The molecule has 0 atom stereocenters. The minimum absolute atomic E-state index is 0.0704. The Hall–Kier alpha value is -1.06. The van der Waals surface area contributed by atoms with Crippen LogP contribution >= 0.6 is 11.6 Å². The second-order valence-corrected chi connectivity index (χ2v) is 5.53. The van der Waals surface area contributed by atoms with Gasteiger partial charge < -0.3 is 10.4 Å². The number of aliphatic hydroxyl groups is 1. The molecule has 98 valence electrons. The van der Waals surface area contributed by atoms with E-state index in [1.807, 2.05) is 6.92 Å². The van der Waals surface area contributed by atoms with E-state index < -0.39 is 0 Å². The Morgan fingerprint density at radius 3 is 2.78 bits per heavy atom. The van der Waals surface area contributed by atoms with E-state index in [0.29, 0.717) is 17.1 Å². The molecule has 18 heavy (non-hydrogen) atoms. The Bertz CT molecular complexity index is 455. The molecule has 1 amide bonds. The first-order chi connectivity index (χ1) is 8.56. The molecular formula is C14H18ClNO2. The lowest BCUT2D eigenvalue weighted by Crippen LogP contribution is -2.30. The Kier molecular flexibility index (Phi) is 3.93. The molecule has 0 bridgehead atoms. The summed E-state index contributed by atoms with van der Waals surface area (Å²) in [5, 5.41) is 12.6. The van der Waals surface area contributed by atoms with Gasteiger partial charge >= 0.3 is 0 Å². The number of rotatable bonds is 5. The molecular weight excluding hydrogens is 250 g/mol. The zero-order valence-corrected chi connectivity index (χ0v) is 11.3. The zero-order chi connectivity index (χ0) is 13.2. The standard InChI is InChI=1S/C14H18ClNO2/c1-10-8-11(2-3-12(10)15)13(18)16-9-14(4-5-14)6-7-17/h2-3,8,17H,4-7,9H2,1H3,(H,16,18). The molecule has 1 aliphatic carbocycles. The van der Waals surface area contributed by atoms with Gasteiger partial charge in [-0.05, 0) is 55.4 Å². The SMILES string of the molecule is Cc1cc(C(=O)NCC2(CCO)CC2)ccc1Cl. The van der Waals surface area contributed by atoms with Crippen molar-refractivity contribution < 1.29 is 9.90 Å². The van der Waals surface area contributed by atoms with Gasteiger partial charge in [0.2, 0.25) is 0 Å². The molecule has 1 aliphatic rings. The maximum atomic E-state index is 12.0. The number of benzene rings is 1. The molecule has 0 radical (unpaired) electrons. The van der Waals surface area contributed by atoms with Gasteiger partial charge in [-0.3, -0.25) is 4.79 Å². The molecule has 1 fully saturated rings. The third-order valence-corrected chi connectivity index (χ3v) is 4.07. The van der Waals surface area contributed by atoms with Crippen LogP contribution in [0.25, 0.3) is 0 Å². The summed E-state index contributed by atoms with van der Waals surface area (Å²) in [7, 11) is 0. The first-order valence-electron chi connectivity index (χ1n) is 6.22. The van der Waals surface area contributed by atoms with Crippen molar-refractivity contribution in [3.05, 3.63) is 34.3 Å². The van der Waals surface area contributed by atoms with Crippen molar-refractivity contribution in [3.8, 4) is 0 Å². The van der Waals surface area contributed by atoms with E-state index in [0.717, 1.165) is 24.8 Å². The highest BCUT2D eigenvalue weighted by Gasteiger charge is 2.41. The van der Waals surface area contributed by atoms with Crippen LogP contribution in [0.5, 0.6) is 0 Å². The number of nitrogens with one attached hydrogen (secondary N) is 1. The molecule has 1 aromatic carbocycles. The van der Waals surface area contributed by atoms with Crippen LogP contribution in [0.4, 0.5) is 0 Å². The Balaban J connectivity index is 1.93. The van der Waals surface area contributed by atoms with Crippen molar-refractivity contribution in [2.75, 3.05) is 13.2 Å². The van der Waals surface area contributed by atoms with Crippen molar-refractivity contribution in [1.82, 2.24) is 5.32 Å². The second kappa shape index (κ2) is 5.29.